The second-order valence-electron chi connectivity index (χ2n) is 11.0. The lowest BCUT2D eigenvalue weighted by Crippen LogP contribution is -2.43. The fourth-order valence-corrected chi connectivity index (χ4v) is 5.69. The van der Waals surface area contributed by atoms with E-state index >= 15 is 0 Å². The number of likely N-dealkylation sites (tertiary alicyclic amines) is 1. The molecule has 1 saturated carbocycles. The Labute approximate surface area is 248 Å². The molecule has 1 unspecified atom stereocenters. The average Bonchev–Trinajstić information content (AvgIpc) is 3.36. The van der Waals surface area contributed by atoms with Crippen LogP contribution in [0.2, 0.25) is 0 Å². The van der Waals surface area contributed by atoms with Crippen LogP contribution in [0.25, 0.3) is 22.0 Å². The number of alkyl halides is 2. The lowest BCUT2D eigenvalue weighted by Gasteiger charge is -2.20. The molecule has 1 atom stereocenters. The summed E-state index contributed by atoms with van der Waals surface area (Å²) >= 11 is 0. The van der Waals surface area contributed by atoms with Gasteiger partial charge in [0.25, 0.3) is 11.8 Å². The Balaban J connectivity index is 1.19. The number of hydrogen-bond donors (Lipinski definition) is 2. The molecule has 3 aromatic rings. The smallest absolute Gasteiger partial charge is 0.268 e. The number of amides is 3. The quantitative estimate of drug-likeness (QED) is 0.355. The molecule has 1 aliphatic heterocycles. The van der Waals surface area contributed by atoms with Gasteiger partial charge in [0.2, 0.25) is 11.8 Å². The first-order valence-corrected chi connectivity index (χ1v) is 14.5. The van der Waals surface area contributed by atoms with Crippen molar-refractivity contribution in [1.29, 1.82) is 5.26 Å². The summed E-state index contributed by atoms with van der Waals surface area (Å²) in [5, 5.41) is 15.1. The number of rotatable bonds is 9. The molecule has 2 aliphatic rings. The van der Waals surface area contributed by atoms with E-state index in [0.717, 1.165) is 41.7 Å². The zero-order valence-corrected chi connectivity index (χ0v) is 23.7. The van der Waals surface area contributed by atoms with Crippen LogP contribution in [0.1, 0.15) is 48.9 Å². The van der Waals surface area contributed by atoms with Crippen molar-refractivity contribution in [3.8, 4) is 22.9 Å². The second kappa shape index (κ2) is 13.2. The summed E-state index contributed by atoms with van der Waals surface area (Å²) in [6, 6.07) is 15.0. The van der Waals surface area contributed by atoms with Crippen LogP contribution in [0.4, 0.5) is 8.78 Å². The van der Waals surface area contributed by atoms with Crippen LogP contribution in [0, 0.1) is 17.2 Å². The van der Waals surface area contributed by atoms with Crippen molar-refractivity contribution >= 4 is 28.6 Å². The summed E-state index contributed by atoms with van der Waals surface area (Å²) in [4.78, 5) is 43.0. The third kappa shape index (κ3) is 7.25. The highest BCUT2D eigenvalue weighted by atomic mass is 19.3. The van der Waals surface area contributed by atoms with Crippen molar-refractivity contribution in [2.45, 2.75) is 50.5 Å². The van der Waals surface area contributed by atoms with Gasteiger partial charge in [0.15, 0.2) is 0 Å². The Hall–Kier alpha value is -4.59. The highest BCUT2D eigenvalue weighted by Gasteiger charge is 2.47. The predicted molar refractivity (Wildman–Crippen MR) is 155 cm³/mol. The van der Waals surface area contributed by atoms with Crippen LogP contribution in [0.3, 0.4) is 0 Å². The maximum atomic E-state index is 13.7. The molecular weight excluding hydrogens is 556 g/mol. The summed E-state index contributed by atoms with van der Waals surface area (Å²) in [6.45, 7) is -0.574. The van der Waals surface area contributed by atoms with Gasteiger partial charge in [-0.25, -0.2) is 8.78 Å². The molecule has 11 heteroatoms. The SMILES string of the molecule is N#CC1CC(F)(F)CN1C(=O)CNC(=O)c1ccnc2cc(-c3cccc(OCCNC(=O)C4CCCCC4)c3)ccc12. The number of fused-ring (bicyclic) bond motifs is 1. The molecule has 1 aliphatic carbocycles. The summed E-state index contributed by atoms with van der Waals surface area (Å²) in [5.41, 5.74) is 2.56. The number of benzene rings is 2. The third-order valence-corrected chi connectivity index (χ3v) is 7.94. The van der Waals surface area contributed by atoms with Gasteiger partial charge in [-0.2, -0.15) is 5.26 Å². The van der Waals surface area contributed by atoms with E-state index in [1.54, 1.807) is 12.1 Å². The summed E-state index contributed by atoms with van der Waals surface area (Å²) in [7, 11) is 0. The first-order valence-electron chi connectivity index (χ1n) is 14.5. The minimum atomic E-state index is -3.13. The summed E-state index contributed by atoms with van der Waals surface area (Å²) in [6.07, 6.45) is 6.09. The first-order chi connectivity index (χ1) is 20.7. The van der Waals surface area contributed by atoms with Crippen molar-refractivity contribution in [2.75, 3.05) is 26.2 Å². The normalized spacial score (nSPS) is 18.2. The van der Waals surface area contributed by atoms with E-state index in [2.05, 4.69) is 15.6 Å². The number of carbonyl (C=O) groups excluding carboxylic acids is 3. The number of nitrogens with one attached hydrogen (secondary N) is 2. The second-order valence-corrected chi connectivity index (χ2v) is 11.0. The molecule has 0 bridgehead atoms. The average molecular weight is 590 g/mol. The molecule has 0 radical (unpaired) electrons. The van der Waals surface area contributed by atoms with E-state index < -0.39 is 43.3 Å². The van der Waals surface area contributed by atoms with Gasteiger partial charge >= 0.3 is 0 Å². The van der Waals surface area contributed by atoms with E-state index in [4.69, 9.17) is 10.00 Å². The van der Waals surface area contributed by atoms with E-state index in [0.29, 0.717) is 29.8 Å². The molecule has 2 aromatic carbocycles. The topological polar surface area (TPSA) is 124 Å². The fourth-order valence-electron chi connectivity index (χ4n) is 5.69. The standard InChI is InChI=1S/C32H33F2N5O4/c33-32(34)17-24(18-35)39(20-32)29(40)19-38-31(42)27-11-12-36-28-16-23(9-10-26(27)28)22-7-4-8-25(15-22)43-14-13-37-30(41)21-5-2-1-3-6-21/h4,7-12,15-16,21,24H,1-3,5-6,13-14,17,19-20H2,(H,37,41)(H,38,42). The molecule has 0 spiro atoms. The number of nitrogens with zero attached hydrogens (tertiary/aromatic N) is 3. The number of pyridine rings is 1. The van der Waals surface area contributed by atoms with Crippen molar-refractivity contribution < 1.29 is 27.9 Å². The third-order valence-electron chi connectivity index (χ3n) is 7.94. The Morgan fingerprint density at radius 2 is 1.84 bits per heavy atom. The van der Waals surface area contributed by atoms with Crippen LogP contribution < -0.4 is 15.4 Å². The summed E-state index contributed by atoms with van der Waals surface area (Å²) < 4.78 is 33.3. The molecule has 9 nitrogen and oxygen atoms in total. The van der Waals surface area contributed by atoms with E-state index in [1.807, 2.05) is 36.4 Å². The number of halogens is 2. The lowest BCUT2D eigenvalue weighted by atomic mass is 9.89. The Morgan fingerprint density at radius 1 is 1.05 bits per heavy atom. The molecule has 224 valence electrons. The van der Waals surface area contributed by atoms with Crippen LogP contribution in [-0.4, -0.2) is 65.8 Å². The van der Waals surface area contributed by atoms with Crippen molar-refractivity contribution in [2.24, 2.45) is 5.92 Å². The molecule has 5 rings (SSSR count). The van der Waals surface area contributed by atoms with Crippen molar-refractivity contribution in [1.82, 2.24) is 20.5 Å². The minimum Gasteiger partial charge on any atom is -0.492 e. The zero-order valence-electron chi connectivity index (χ0n) is 23.7. The number of hydrogen-bond acceptors (Lipinski definition) is 6. The van der Waals surface area contributed by atoms with Gasteiger partial charge < -0.3 is 20.3 Å². The lowest BCUT2D eigenvalue weighted by molar-refractivity contribution is -0.131. The molecule has 43 heavy (non-hydrogen) atoms. The Morgan fingerprint density at radius 3 is 2.63 bits per heavy atom. The van der Waals surface area contributed by atoms with Crippen LogP contribution >= 0.6 is 0 Å². The van der Waals surface area contributed by atoms with Crippen molar-refractivity contribution in [3.05, 3.63) is 60.3 Å². The fraction of sp³-hybridized carbons (Fsp3) is 0.406. The number of ether oxygens (including phenoxy) is 1. The molecule has 2 N–H and O–H groups in total. The van der Waals surface area contributed by atoms with Crippen LogP contribution in [0.5, 0.6) is 5.75 Å². The van der Waals surface area contributed by atoms with Gasteiger partial charge in [-0.1, -0.05) is 43.5 Å². The van der Waals surface area contributed by atoms with Crippen LogP contribution in [0.15, 0.2) is 54.7 Å². The highest BCUT2D eigenvalue weighted by molar-refractivity contribution is 6.07. The van der Waals surface area contributed by atoms with Gasteiger partial charge in [0.1, 0.15) is 18.4 Å². The molecule has 3 amide bonds. The molecule has 1 aromatic heterocycles. The Bertz CT molecular complexity index is 1550. The zero-order chi connectivity index (χ0) is 30.4. The maximum Gasteiger partial charge on any atom is 0.268 e. The maximum absolute atomic E-state index is 13.7. The van der Waals surface area contributed by atoms with E-state index in [-0.39, 0.29) is 17.4 Å². The number of aromatic nitrogens is 1. The van der Waals surface area contributed by atoms with Gasteiger partial charge in [-0.05, 0) is 48.2 Å². The largest absolute Gasteiger partial charge is 0.492 e. The number of nitriles is 1. The van der Waals surface area contributed by atoms with Crippen LogP contribution in [-0.2, 0) is 9.59 Å². The Kier molecular flexibility index (Phi) is 9.14. The van der Waals surface area contributed by atoms with Gasteiger partial charge in [-0.3, -0.25) is 19.4 Å². The minimum absolute atomic E-state index is 0.101. The van der Waals surface area contributed by atoms with Gasteiger partial charge in [0.05, 0.1) is 36.8 Å². The van der Waals surface area contributed by atoms with Crippen molar-refractivity contribution in [3.63, 3.8) is 0 Å². The summed E-state index contributed by atoms with van der Waals surface area (Å²) in [5.74, 6) is -3.56. The molecule has 2 fully saturated rings. The molecule has 1 saturated heterocycles. The van der Waals surface area contributed by atoms with E-state index in [9.17, 15) is 23.2 Å². The highest BCUT2D eigenvalue weighted by Crippen LogP contribution is 2.32. The monoisotopic (exact) mass is 589 g/mol. The van der Waals surface area contributed by atoms with E-state index in [1.165, 1.54) is 18.7 Å². The van der Waals surface area contributed by atoms with Gasteiger partial charge in [-0.15, -0.1) is 0 Å². The number of carbonyl (C=O) groups is 3. The van der Waals surface area contributed by atoms with Gasteiger partial charge in [0, 0.05) is 23.9 Å². The molecular formula is C32H33F2N5O4. The first kappa shape index (κ1) is 29.9. The predicted octanol–water partition coefficient (Wildman–Crippen LogP) is 4.47. The molecule has 2 heterocycles.